The normalized spacial score (nSPS) is 11.2. The fourth-order valence-electron chi connectivity index (χ4n) is 1.54. The summed E-state index contributed by atoms with van der Waals surface area (Å²) in [6.07, 6.45) is 1.49. The van der Waals surface area contributed by atoms with Gasteiger partial charge in [0.05, 0.1) is 15.6 Å². The first-order valence-electron chi connectivity index (χ1n) is 5.48. The van der Waals surface area contributed by atoms with E-state index >= 15 is 0 Å². The summed E-state index contributed by atoms with van der Waals surface area (Å²) < 4.78 is 5.60. The summed E-state index contributed by atoms with van der Waals surface area (Å²) in [5.74, 6) is 1.09. The number of furan rings is 1. The zero-order valence-corrected chi connectivity index (χ0v) is 12.4. The molecule has 2 N–H and O–H groups in total. The number of thiocarbonyl (C=S) groups is 1. The summed E-state index contributed by atoms with van der Waals surface area (Å²) in [6, 6.07) is 10.6. The molecule has 0 unspecified atom stereocenters. The Morgan fingerprint density at radius 1 is 1.25 bits per heavy atom. The van der Waals surface area contributed by atoms with Crippen LogP contribution in [-0.4, -0.2) is 4.99 Å². The van der Waals surface area contributed by atoms with Crippen molar-refractivity contribution in [2.24, 2.45) is 5.73 Å². The topological polar surface area (TPSA) is 63.0 Å². The molecule has 0 atom stereocenters. The Kier molecular flexibility index (Phi) is 4.46. The molecule has 0 saturated carbocycles. The van der Waals surface area contributed by atoms with Crippen molar-refractivity contribution in [1.82, 2.24) is 0 Å². The highest BCUT2D eigenvalue weighted by molar-refractivity contribution is 7.80. The Hall–Kier alpha value is -1.80. The van der Waals surface area contributed by atoms with Gasteiger partial charge >= 0.3 is 0 Å². The molecule has 0 saturated heterocycles. The number of rotatable bonds is 3. The Bertz CT molecular complexity index is 744. The maximum absolute atomic E-state index is 8.89. The van der Waals surface area contributed by atoms with Crippen molar-refractivity contribution < 1.29 is 4.42 Å². The van der Waals surface area contributed by atoms with E-state index in [9.17, 15) is 0 Å². The van der Waals surface area contributed by atoms with E-state index in [0.717, 1.165) is 5.56 Å². The number of nitrogens with two attached hydrogens (primary N) is 1. The van der Waals surface area contributed by atoms with Crippen molar-refractivity contribution in [2.75, 3.05) is 0 Å². The third-order valence-electron chi connectivity index (χ3n) is 2.50. The molecule has 20 heavy (non-hydrogen) atoms. The lowest BCUT2D eigenvalue weighted by molar-refractivity contribution is 0.571. The molecule has 1 aromatic carbocycles. The van der Waals surface area contributed by atoms with Crippen LogP contribution in [0.15, 0.2) is 40.3 Å². The molecule has 2 aromatic rings. The maximum Gasteiger partial charge on any atom is 0.134 e. The molecule has 0 aliphatic rings. The van der Waals surface area contributed by atoms with Crippen molar-refractivity contribution in [3.05, 3.63) is 51.7 Å². The first kappa shape index (κ1) is 14.6. The summed E-state index contributed by atoms with van der Waals surface area (Å²) in [6.45, 7) is 0. The molecular weight excluding hydrogens is 315 g/mol. The van der Waals surface area contributed by atoms with Crippen LogP contribution in [0.1, 0.15) is 5.76 Å². The van der Waals surface area contributed by atoms with Crippen LogP contribution in [0.25, 0.3) is 17.4 Å². The van der Waals surface area contributed by atoms with Crippen molar-refractivity contribution >= 4 is 46.5 Å². The van der Waals surface area contributed by atoms with Gasteiger partial charge < -0.3 is 10.2 Å². The minimum Gasteiger partial charge on any atom is -0.457 e. The van der Waals surface area contributed by atoms with Crippen molar-refractivity contribution in [1.29, 1.82) is 5.26 Å². The molecule has 1 aromatic heterocycles. The van der Waals surface area contributed by atoms with Crippen LogP contribution < -0.4 is 5.73 Å². The van der Waals surface area contributed by atoms with Gasteiger partial charge in [-0.3, -0.25) is 0 Å². The van der Waals surface area contributed by atoms with Crippen molar-refractivity contribution in [3.8, 4) is 17.4 Å². The summed E-state index contributed by atoms with van der Waals surface area (Å²) in [7, 11) is 0. The van der Waals surface area contributed by atoms with Gasteiger partial charge in [-0.05, 0) is 30.3 Å². The van der Waals surface area contributed by atoms with E-state index < -0.39 is 0 Å². The molecule has 0 aliphatic heterocycles. The predicted molar refractivity (Wildman–Crippen MR) is 84.5 cm³/mol. The molecular formula is C14H8Cl2N2OS. The highest BCUT2D eigenvalue weighted by Gasteiger charge is 2.07. The molecule has 0 aliphatic carbocycles. The third kappa shape index (κ3) is 3.20. The molecule has 0 spiro atoms. The standard InChI is InChI=1S/C14H8Cl2N2OS/c15-11-3-1-8(6-12(11)16)13-4-2-10(19-13)5-9(7-17)14(18)20/h1-6H,(H2,18,20)/b9-5-. The zero-order chi connectivity index (χ0) is 14.7. The average molecular weight is 323 g/mol. The van der Waals surface area contributed by atoms with Gasteiger partial charge in [0, 0.05) is 11.6 Å². The first-order chi connectivity index (χ1) is 9.51. The van der Waals surface area contributed by atoms with Crippen LogP contribution in [-0.2, 0) is 0 Å². The quantitative estimate of drug-likeness (QED) is 0.515. The maximum atomic E-state index is 8.89. The SMILES string of the molecule is N#C/C(=C/c1ccc(-c2ccc(Cl)c(Cl)c2)o1)C(N)=S. The lowest BCUT2D eigenvalue weighted by Crippen LogP contribution is -2.09. The first-order valence-corrected chi connectivity index (χ1v) is 6.64. The van der Waals surface area contributed by atoms with E-state index in [1.165, 1.54) is 6.08 Å². The fourth-order valence-corrected chi connectivity index (χ4v) is 1.94. The monoisotopic (exact) mass is 322 g/mol. The number of nitrogens with zero attached hydrogens (tertiary/aromatic N) is 1. The van der Waals surface area contributed by atoms with E-state index in [-0.39, 0.29) is 10.6 Å². The van der Waals surface area contributed by atoms with Crippen LogP contribution in [0, 0.1) is 11.3 Å². The van der Waals surface area contributed by atoms with Crippen molar-refractivity contribution in [2.45, 2.75) is 0 Å². The second kappa shape index (κ2) is 6.10. The zero-order valence-electron chi connectivity index (χ0n) is 10.1. The fraction of sp³-hybridized carbons (Fsp3) is 0. The second-order valence-corrected chi connectivity index (χ2v) is 5.12. The minimum atomic E-state index is 0.0278. The number of hydrogen-bond donors (Lipinski definition) is 1. The van der Waals surface area contributed by atoms with E-state index in [2.05, 4.69) is 0 Å². The number of hydrogen-bond acceptors (Lipinski definition) is 3. The summed E-state index contributed by atoms with van der Waals surface area (Å²) in [4.78, 5) is 0.0278. The van der Waals surface area contributed by atoms with E-state index in [1.54, 1.807) is 30.3 Å². The van der Waals surface area contributed by atoms with Gasteiger partial charge in [0.15, 0.2) is 0 Å². The Balaban J connectivity index is 2.36. The lowest BCUT2D eigenvalue weighted by atomic mass is 10.2. The van der Waals surface area contributed by atoms with Crippen LogP contribution in [0.3, 0.4) is 0 Å². The lowest BCUT2D eigenvalue weighted by Gasteiger charge is -1.99. The van der Waals surface area contributed by atoms with E-state index in [1.807, 2.05) is 6.07 Å². The van der Waals surface area contributed by atoms with Crippen LogP contribution in [0.5, 0.6) is 0 Å². The molecule has 0 fully saturated rings. The molecule has 6 heteroatoms. The number of nitriles is 1. The van der Waals surface area contributed by atoms with Gasteiger partial charge in [-0.15, -0.1) is 0 Å². The molecule has 3 nitrogen and oxygen atoms in total. The van der Waals surface area contributed by atoms with Crippen LogP contribution in [0.4, 0.5) is 0 Å². The Labute approximate surface area is 131 Å². The highest BCUT2D eigenvalue weighted by Crippen LogP contribution is 2.29. The molecule has 2 rings (SSSR count). The second-order valence-electron chi connectivity index (χ2n) is 3.86. The number of halogens is 2. The van der Waals surface area contributed by atoms with Crippen molar-refractivity contribution in [3.63, 3.8) is 0 Å². The van der Waals surface area contributed by atoms with Gasteiger partial charge in [0.25, 0.3) is 0 Å². The van der Waals surface area contributed by atoms with Gasteiger partial charge in [-0.25, -0.2) is 0 Å². The Morgan fingerprint density at radius 2 is 2.00 bits per heavy atom. The molecule has 0 amide bonds. The predicted octanol–water partition coefficient (Wildman–Crippen LogP) is 4.45. The number of benzene rings is 1. The van der Waals surface area contributed by atoms with Gasteiger partial charge in [0.1, 0.15) is 22.6 Å². The molecule has 0 radical (unpaired) electrons. The van der Waals surface area contributed by atoms with Gasteiger partial charge in [0.2, 0.25) is 0 Å². The van der Waals surface area contributed by atoms with E-state index in [0.29, 0.717) is 21.6 Å². The summed E-state index contributed by atoms with van der Waals surface area (Å²) in [5, 5.41) is 9.81. The van der Waals surface area contributed by atoms with E-state index in [4.69, 9.17) is 50.8 Å². The minimum absolute atomic E-state index is 0.0278. The van der Waals surface area contributed by atoms with Crippen LogP contribution in [0.2, 0.25) is 10.0 Å². The largest absolute Gasteiger partial charge is 0.457 e. The average Bonchev–Trinajstić information content (AvgIpc) is 2.87. The van der Waals surface area contributed by atoms with Gasteiger partial charge in [-0.2, -0.15) is 5.26 Å². The third-order valence-corrected chi connectivity index (χ3v) is 3.46. The smallest absolute Gasteiger partial charge is 0.134 e. The Morgan fingerprint density at radius 3 is 2.60 bits per heavy atom. The molecule has 1 heterocycles. The molecule has 100 valence electrons. The van der Waals surface area contributed by atoms with Gasteiger partial charge in [-0.1, -0.05) is 35.4 Å². The molecule has 0 bridgehead atoms. The van der Waals surface area contributed by atoms with Crippen LogP contribution >= 0.6 is 35.4 Å². The summed E-state index contributed by atoms with van der Waals surface area (Å²) >= 11 is 16.6. The summed E-state index contributed by atoms with van der Waals surface area (Å²) in [5.41, 5.74) is 6.39. The highest BCUT2D eigenvalue weighted by atomic mass is 35.5.